The van der Waals surface area contributed by atoms with Gasteiger partial charge in [0, 0.05) is 0 Å². The van der Waals surface area contributed by atoms with Gasteiger partial charge in [-0.2, -0.15) is 0 Å². The highest BCUT2D eigenvalue weighted by atomic mass is 19.1. The first kappa shape index (κ1) is 11.4. The third-order valence-corrected chi connectivity index (χ3v) is 1.78. The van der Waals surface area contributed by atoms with E-state index in [0.717, 1.165) is 6.42 Å². The molecule has 0 aromatic heterocycles. The van der Waals surface area contributed by atoms with Crippen LogP contribution in [0.5, 0.6) is 0 Å². The number of ether oxygens (including phenoxy) is 1. The van der Waals surface area contributed by atoms with Gasteiger partial charge >= 0.3 is 5.97 Å². The molecule has 0 bridgehead atoms. The number of hydrogen-bond donors (Lipinski definition) is 0. The second-order valence-electron chi connectivity index (χ2n) is 3.03. The second-order valence-corrected chi connectivity index (χ2v) is 3.03. The minimum Gasteiger partial charge on any atom is -0.469 e. The van der Waals surface area contributed by atoms with Crippen LogP contribution in [0.3, 0.4) is 0 Å². The molecule has 0 aliphatic rings. The van der Waals surface area contributed by atoms with Crippen molar-refractivity contribution in [3.05, 3.63) is 0 Å². The van der Waals surface area contributed by atoms with Crippen LogP contribution >= 0.6 is 0 Å². The standard InChI is InChI=1S/C9H17FO2/c1-4-5-8(6-7(2)10)9(11)12-3/h7-8H,4-6H2,1-3H3. The minimum absolute atomic E-state index is 0.264. The topological polar surface area (TPSA) is 26.3 Å². The number of carbonyl (C=O) groups is 1. The SMILES string of the molecule is CCCC(CC(C)F)C(=O)OC. The molecule has 2 atom stereocenters. The predicted octanol–water partition coefficient (Wildman–Crippen LogP) is 2.32. The number of carbonyl (C=O) groups excluding carboxylic acids is 1. The van der Waals surface area contributed by atoms with Crippen LogP contribution in [0.25, 0.3) is 0 Å². The first-order valence-corrected chi connectivity index (χ1v) is 4.33. The van der Waals surface area contributed by atoms with E-state index in [1.54, 1.807) is 0 Å². The van der Waals surface area contributed by atoms with Gasteiger partial charge in [-0.25, -0.2) is 4.39 Å². The first-order valence-electron chi connectivity index (χ1n) is 4.33. The van der Waals surface area contributed by atoms with Gasteiger partial charge in [0.1, 0.15) is 0 Å². The van der Waals surface area contributed by atoms with E-state index < -0.39 is 6.17 Å². The van der Waals surface area contributed by atoms with Crippen LogP contribution in [0.2, 0.25) is 0 Å². The molecule has 0 saturated carbocycles. The van der Waals surface area contributed by atoms with Crippen LogP contribution < -0.4 is 0 Å². The molecule has 2 unspecified atom stereocenters. The maximum Gasteiger partial charge on any atom is 0.308 e. The van der Waals surface area contributed by atoms with Crippen molar-refractivity contribution in [3.8, 4) is 0 Å². The van der Waals surface area contributed by atoms with Crippen molar-refractivity contribution in [1.29, 1.82) is 0 Å². The summed E-state index contributed by atoms with van der Waals surface area (Å²) >= 11 is 0. The fourth-order valence-corrected chi connectivity index (χ4v) is 1.24. The molecule has 0 amide bonds. The molecule has 0 saturated heterocycles. The summed E-state index contributed by atoms with van der Waals surface area (Å²) in [7, 11) is 1.34. The zero-order valence-electron chi connectivity index (χ0n) is 7.97. The normalized spacial score (nSPS) is 15.3. The lowest BCUT2D eigenvalue weighted by atomic mass is 9.98. The predicted molar refractivity (Wildman–Crippen MR) is 45.6 cm³/mol. The van der Waals surface area contributed by atoms with Gasteiger partial charge in [0.15, 0.2) is 0 Å². The third-order valence-electron chi connectivity index (χ3n) is 1.78. The van der Waals surface area contributed by atoms with E-state index in [4.69, 9.17) is 0 Å². The molecule has 0 rings (SSSR count). The van der Waals surface area contributed by atoms with E-state index in [1.807, 2.05) is 6.92 Å². The Hall–Kier alpha value is -0.600. The van der Waals surface area contributed by atoms with Crippen molar-refractivity contribution < 1.29 is 13.9 Å². The molecular weight excluding hydrogens is 159 g/mol. The fraction of sp³-hybridized carbons (Fsp3) is 0.889. The average molecular weight is 176 g/mol. The van der Waals surface area contributed by atoms with Gasteiger partial charge in [0.25, 0.3) is 0 Å². The molecule has 3 heteroatoms. The van der Waals surface area contributed by atoms with Crippen LogP contribution in [-0.2, 0) is 9.53 Å². The van der Waals surface area contributed by atoms with Crippen molar-refractivity contribution >= 4 is 5.97 Å². The van der Waals surface area contributed by atoms with Gasteiger partial charge in [-0.05, 0) is 19.8 Å². The van der Waals surface area contributed by atoms with E-state index in [2.05, 4.69) is 4.74 Å². The Morgan fingerprint density at radius 1 is 1.58 bits per heavy atom. The Labute approximate surface area is 73.1 Å². The second kappa shape index (κ2) is 5.98. The number of rotatable bonds is 5. The number of methoxy groups -OCH3 is 1. The summed E-state index contributed by atoms with van der Waals surface area (Å²) in [6.07, 6.45) is 0.939. The van der Waals surface area contributed by atoms with E-state index in [-0.39, 0.29) is 18.3 Å². The average Bonchev–Trinajstić information content (AvgIpc) is 2.01. The van der Waals surface area contributed by atoms with Gasteiger partial charge in [0.05, 0.1) is 19.2 Å². The highest BCUT2D eigenvalue weighted by Crippen LogP contribution is 2.16. The van der Waals surface area contributed by atoms with Gasteiger partial charge in [-0.15, -0.1) is 0 Å². The molecule has 0 aromatic carbocycles. The van der Waals surface area contributed by atoms with E-state index >= 15 is 0 Å². The van der Waals surface area contributed by atoms with Crippen LogP contribution in [-0.4, -0.2) is 19.3 Å². The van der Waals surface area contributed by atoms with Crippen LogP contribution in [0.15, 0.2) is 0 Å². The number of hydrogen-bond acceptors (Lipinski definition) is 2. The van der Waals surface area contributed by atoms with Gasteiger partial charge < -0.3 is 4.74 Å². The third kappa shape index (κ3) is 4.31. The van der Waals surface area contributed by atoms with Gasteiger partial charge in [-0.1, -0.05) is 13.3 Å². The summed E-state index contributed by atoms with van der Waals surface area (Å²) in [6, 6.07) is 0. The molecule has 0 aliphatic carbocycles. The Balaban J connectivity index is 3.94. The largest absolute Gasteiger partial charge is 0.469 e. The summed E-state index contributed by atoms with van der Waals surface area (Å²) in [4.78, 5) is 11.0. The molecule has 2 nitrogen and oxygen atoms in total. The lowest BCUT2D eigenvalue weighted by Crippen LogP contribution is -2.19. The molecule has 0 N–H and O–H groups in total. The number of halogens is 1. The highest BCUT2D eigenvalue weighted by Gasteiger charge is 2.20. The van der Waals surface area contributed by atoms with Crippen LogP contribution in [0.4, 0.5) is 4.39 Å². The van der Waals surface area contributed by atoms with E-state index in [1.165, 1.54) is 14.0 Å². The van der Waals surface area contributed by atoms with Crippen LogP contribution in [0, 0.1) is 5.92 Å². The fourth-order valence-electron chi connectivity index (χ4n) is 1.24. The van der Waals surface area contributed by atoms with E-state index in [0.29, 0.717) is 6.42 Å². The van der Waals surface area contributed by atoms with Crippen molar-refractivity contribution in [2.24, 2.45) is 5.92 Å². The maximum atomic E-state index is 12.6. The molecule has 0 aromatic rings. The molecule has 0 aliphatic heterocycles. The summed E-state index contributed by atoms with van der Waals surface area (Å²) < 4.78 is 17.1. The van der Waals surface area contributed by atoms with Crippen molar-refractivity contribution in [1.82, 2.24) is 0 Å². The smallest absolute Gasteiger partial charge is 0.308 e. The van der Waals surface area contributed by atoms with Crippen molar-refractivity contribution in [3.63, 3.8) is 0 Å². The zero-order chi connectivity index (χ0) is 9.56. The quantitative estimate of drug-likeness (QED) is 0.601. The summed E-state index contributed by atoms with van der Waals surface area (Å²) in [5.41, 5.74) is 0. The monoisotopic (exact) mass is 176 g/mol. The molecule has 0 fully saturated rings. The van der Waals surface area contributed by atoms with Crippen molar-refractivity contribution in [2.75, 3.05) is 7.11 Å². The number of alkyl halides is 1. The Kier molecular flexibility index (Phi) is 5.68. The highest BCUT2D eigenvalue weighted by molar-refractivity contribution is 5.72. The Bertz CT molecular complexity index is 134. The maximum absolute atomic E-state index is 12.6. The van der Waals surface area contributed by atoms with Crippen molar-refractivity contribution in [2.45, 2.75) is 39.3 Å². The molecule has 0 spiro atoms. The molecule has 0 heterocycles. The molecule has 12 heavy (non-hydrogen) atoms. The summed E-state index contributed by atoms with van der Waals surface area (Å²) in [5.74, 6) is -0.554. The zero-order valence-corrected chi connectivity index (χ0v) is 7.97. The molecule has 0 radical (unpaired) electrons. The minimum atomic E-state index is -0.930. The summed E-state index contributed by atoms with van der Waals surface area (Å²) in [5, 5.41) is 0. The van der Waals surface area contributed by atoms with Crippen LogP contribution in [0.1, 0.15) is 33.1 Å². The van der Waals surface area contributed by atoms with Gasteiger partial charge in [0.2, 0.25) is 0 Å². The molecule has 72 valence electrons. The molecular formula is C9H17FO2. The lowest BCUT2D eigenvalue weighted by molar-refractivity contribution is -0.146. The van der Waals surface area contributed by atoms with E-state index in [9.17, 15) is 9.18 Å². The Morgan fingerprint density at radius 2 is 2.17 bits per heavy atom. The summed E-state index contributed by atoms with van der Waals surface area (Å²) in [6.45, 7) is 3.43. The number of esters is 1. The lowest BCUT2D eigenvalue weighted by Gasteiger charge is -2.13. The first-order chi connectivity index (χ1) is 5.61. The van der Waals surface area contributed by atoms with Gasteiger partial charge in [-0.3, -0.25) is 4.79 Å². The Morgan fingerprint density at radius 3 is 2.50 bits per heavy atom.